The number of hydrogen-bond donors (Lipinski definition) is 1. The Morgan fingerprint density at radius 3 is 2.43 bits per heavy atom. The minimum absolute atomic E-state index is 0.355. The molecular formula is C29H28N2O4. The number of carbonyl (C=O) groups is 1. The van der Waals surface area contributed by atoms with Crippen LogP contribution in [0.5, 0.6) is 17.2 Å². The molecule has 178 valence electrons. The molecule has 4 rings (SSSR count). The fourth-order valence-corrected chi connectivity index (χ4v) is 3.75. The number of nitrogens with one attached hydrogen (secondary N) is 1. The molecular weight excluding hydrogens is 440 g/mol. The number of fused-ring (bicyclic) bond motifs is 1. The zero-order valence-electron chi connectivity index (χ0n) is 20.1. The van der Waals surface area contributed by atoms with Crippen molar-refractivity contribution in [2.24, 2.45) is 5.10 Å². The molecule has 0 aliphatic heterocycles. The van der Waals surface area contributed by atoms with Crippen LogP contribution in [0.15, 0.2) is 84.0 Å². The molecule has 0 spiro atoms. The van der Waals surface area contributed by atoms with Crippen LogP contribution in [0.2, 0.25) is 0 Å². The van der Waals surface area contributed by atoms with E-state index in [2.05, 4.69) is 29.6 Å². The number of aryl methyl sites for hydroxylation is 1. The number of rotatable bonds is 9. The topological polar surface area (TPSA) is 69.2 Å². The molecule has 4 aromatic rings. The molecule has 0 aliphatic carbocycles. The van der Waals surface area contributed by atoms with Gasteiger partial charge >= 0.3 is 0 Å². The third-order valence-corrected chi connectivity index (χ3v) is 5.44. The van der Waals surface area contributed by atoms with E-state index >= 15 is 0 Å². The van der Waals surface area contributed by atoms with Crippen LogP contribution < -0.4 is 19.6 Å². The van der Waals surface area contributed by atoms with Gasteiger partial charge in [-0.1, -0.05) is 54.1 Å². The molecule has 0 unspecified atom stereocenters. The first-order valence-electron chi connectivity index (χ1n) is 11.4. The number of hydrogen-bond acceptors (Lipinski definition) is 5. The van der Waals surface area contributed by atoms with Crippen LogP contribution in [0, 0.1) is 6.92 Å². The molecule has 0 radical (unpaired) electrons. The lowest BCUT2D eigenvalue weighted by Gasteiger charge is -2.13. The molecule has 0 fully saturated rings. The Morgan fingerprint density at radius 2 is 1.69 bits per heavy atom. The Kier molecular flexibility index (Phi) is 7.63. The zero-order chi connectivity index (χ0) is 24.6. The number of benzene rings is 4. The van der Waals surface area contributed by atoms with Crippen LogP contribution >= 0.6 is 0 Å². The molecule has 0 atom stereocenters. The maximum Gasteiger partial charge on any atom is 0.275 e. The summed E-state index contributed by atoms with van der Waals surface area (Å²) in [6.07, 6.45) is 1.57. The first-order valence-corrected chi connectivity index (χ1v) is 11.4. The van der Waals surface area contributed by atoms with Crippen molar-refractivity contribution in [3.63, 3.8) is 0 Å². The van der Waals surface area contributed by atoms with Gasteiger partial charge in [0.25, 0.3) is 5.91 Å². The van der Waals surface area contributed by atoms with Crippen molar-refractivity contribution in [3.05, 3.63) is 101 Å². The number of carbonyl (C=O) groups excluding carboxylic acids is 1. The highest BCUT2D eigenvalue weighted by Crippen LogP contribution is 2.29. The van der Waals surface area contributed by atoms with Crippen molar-refractivity contribution >= 4 is 22.9 Å². The van der Waals surface area contributed by atoms with Gasteiger partial charge in [0.1, 0.15) is 12.4 Å². The van der Waals surface area contributed by atoms with Crippen molar-refractivity contribution in [3.8, 4) is 17.2 Å². The molecule has 0 heterocycles. The smallest absolute Gasteiger partial charge is 0.275 e. The zero-order valence-corrected chi connectivity index (χ0v) is 20.1. The van der Waals surface area contributed by atoms with E-state index in [1.54, 1.807) is 19.4 Å². The van der Waals surface area contributed by atoms with Gasteiger partial charge < -0.3 is 14.2 Å². The molecule has 6 heteroatoms. The molecule has 6 nitrogen and oxygen atoms in total. The van der Waals surface area contributed by atoms with Crippen LogP contribution in [-0.4, -0.2) is 25.8 Å². The van der Waals surface area contributed by atoms with E-state index in [-0.39, 0.29) is 5.91 Å². The van der Waals surface area contributed by atoms with Crippen molar-refractivity contribution in [2.75, 3.05) is 13.7 Å². The van der Waals surface area contributed by atoms with Crippen LogP contribution in [0.1, 0.15) is 34.0 Å². The highest BCUT2D eigenvalue weighted by Gasteiger charge is 2.13. The molecule has 1 N–H and O–H groups in total. The number of nitrogens with zero attached hydrogens (tertiary/aromatic N) is 1. The van der Waals surface area contributed by atoms with Crippen LogP contribution in [0.3, 0.4) is 0 Å². The predicted molar refractivity (Wildman–Crippen MR) is 139 cm³/mol. The predicted octanol–water partition coefficient (Wildman–Crippen LogP) is 5.90. The Morgan fingerprint density at radius 1 is 0.886 bits per heavy atom. The first kappa shape index (κ1) is 23.8. The van der Waals surface area contributed by atoms with E-state index < -0.39 is 0 Å². The first-order chi connectivity index (χ1) is 17.1. The Hall–Kier alpha value is -4.32. The molecule has 4 aromatic carbocycles. The average molecular weight is 469 g/mol. The lowest BCUT2D eigenvalue weighted by molar-refractivity contribution is 0.0952. The number of methoxy groups -OCH3 is 1. The molecule has 0 saturated heterocycles. The third kappa shape index (κ3) is 5.98. The summed E-state index contributed by atoms with van der Waals surface area (Å²) in [6, 6.07) is 25.2. The summed E-state index contributed by atoms with van der Waals surface area (Å²) in [5.74, 6) is 1.40. The van der Waals surface area contributed by atoms with E-state index in [0.29, 0.717) is 36.0 Å². The summed E-state index contributed by atoms with van der Waals surface area (Å²) in [7, 11) is 1.54. The fourth-order valence-electron chi connectivity index (χ4n) is 3.75. The van der Waals surface area contributed by atoms with E-state index in [0.717, 1.165) is 21.9 Å². The third-order valence-electron chi connectivity index (χ3n) is 5.44. The second-order valence-electron chi connectivity index (χ2n) is 8.02. The minimum atomic E-state index is -0.355. The van der Waals surface area contributed by atoms with Crippen LogP contribution in [0.4, 0.5) is 0 Å². The second-order valence-corrected chi connectivity index (χ2v) is 8.02. The average Bonchev–Trinajstić information content (AvgIpc) is 2.87. The van der Waals surface area contributed by atoms with E-state index in [4.69, 9.17) is 14.2 Å². The van der Waals surface area contributed by atoms with E-state index in [1.807, 2.05) is 67.6 Å². The maximum atomic E-state index is 12.8. The van der Waals surface area contributed by atoms with Gasteiger partial charge in [-0.15, -0.1) is 0 Å². The van der Waals surface area contributed by atoms with Gasteiger partial charge in [-0.2, -0.15) is 5.10 Å². The van der Waals surface area contributed by atoms with Gasteiger partial charge in [0, 0.05) is 0 Å². The van der Waals surface area contributed by atoms with Crippen molar-refractivity contribution < 1.29 is 19.0 Å². The lowest BCUT2D eigenvalue weighted by atomic mass is 10.1. The van der Waals surface area contributed by atoms with E-state index in [9.17, 15) is 4.79 Å². The molecule has 0 bridgehead atoms. The van der Waals surface area contributed by atoms with Crippen molar-refractivity contribution in [1.29, 1.82) is 0 Å². The Bertz CT molecular complexity index is 1360. The monoisotopic (exact) mass is 468 g/mol. The van der Waals surface area contributed by atoms with Gasteiger partial charge in [0.2, 0.25) is 0 Å². The highest BCUT2D eigenvalue weighted by atomic mass is 16.5. The molecule has 1 amide bonds. The molecule has 35 heavy (non-hydrogen) atoms. The fraction of sp³-hybridized carbons (Fsp3) is 0.172. The summed E-state index contributed by atoms with van der Waals surface area (Å²) < 4.78 is 17.2. The number of hydrazone groups is 1. The Balaban J connectivity index is 1.46. The van der Waals surface area contributed by atoms with Crippen molar-refractivity contribution in [1.82, 2.24) is 5.43 Å². The number of ether oxygens (including phenoxy) is 3. The van der Waals surface area contributed by atoms with Gasteiger partial charge in [-0.3, -0.25) is 4.79 Å². The lowest BCUT2D eigenvalue weighted by Crippen LogP contribution is -2.18. The van der Waals surface area contributed by atoms with Gasteiger partial charge in [0.15, 0.2) is 11.5 Å². The molecule has 0 aromatic heterocycles. The summed E-state index contributed by atoms with van der Waals surface area (Å²) in [5.41, 5.74) is 6.04. The Labute approximate surface area is 205 Å². The second kappa shape index (κ2) is 11.2. The molecule has 0 aliphatic rings. The van der Waals surface area contributed by atoms with Crippen molar-refractivity contribution in [2.45, 2.75) is 20.5 Å². The summed E-state index contributed by atoms with van der Waals surface area (Å²) >= 11 is 0. The van der Waals surface area contributed by atoms with Gasteiger partial charge in [-0.25, -0.2) is 5.43 Å². The minimum Gasteiger partial charge on any atom is -0.496 e. The maximum absolute atomic E-state index is 12.8. The van der Waals surface area contributed by atoms with E-state index in [1.165, 1.54) is 5.56 Å². The van der Waals surface area contributed by atoms with Gasteiger partial charge in [-0.05, 0) is 66.1 Å². The van der Waals surface area contributed by atoms with Crippen LogP contribution in [-0.2, 0) is 6.61 Å². The largest absolute Gasteiger partial charge is 0.496 e. The highest BCUT2D eigenvalue weighted by molar-refractivity contribution is 6.02. The molecule has 0 saturated carbocycles. The SMILES string of the molecule is CCOc1cc(C=NNC(=O)c2cc3ccccc3cc2OC)ccc1OCc1cccc(C)c1. The summed E-state index contributed by atoms with van der Waals surface area (Å²) in [6.45, 7) is 4.92. The number of amides is 1. The summed E-state index contributed by atoms with van der Waals surface area (Å²) in [4.78, 5) is 12.8. The van der Waals surface area contributed by atoms with Gasteiger partial charge in [0.05, 0.1) is 25.5 Å². The standard InChI is InChI=1S/C29H28N2O4/c1-4-34-28-15-21(12-13-26(28)35-19-22-9-7-8-20(2)14-22)18-30-31-29(32)25-16-23-10-5-6-11-24(23)17-27(25)33-3/h5-18H,4,19H2,1-3H3,(H,31,32). The normalized spacial score (nSPS) is 10.9. The summed E-state index contributed by atoms with van der Waals surface area (Å²) in [5, 5.41) is 6.08. The quantitative estimate of drug-likeness (QED) is 0.245. The van der Waals surface area contributed by atoms with Crippen LogP contribution in [0.25, 0.3) is 10.8 Å².